The van der Waals surface area contributed by atoms with Crippen LogP contribution >= 0.6 is 34.2 Å². The monoisotopic (exact) mass is 533 g/mol. The number of amides is 1. The Labute approximate surface area is 184 Å². The van der Waals surface area contributed by atoms with E-state index in [1.165, 1.54) is 4.31 Å². The summed E-state index contributed by atoms with van der Waals surface area (Å²) in [5.74, 6) is -0.377. The van der Waals surface area contributed by atoms with Gasteiger partial charge in [-0.3, -0.25) is 4.79 Å². The maximum absolute atomic E-state index is 12.6. The van der Waals surface area contributed by atoms with Gasteiger partial charge in [-0.2, -0.15) is 4.31 Å². The fraction of sp³-hybridized carbons (Fsp3) is 0.316. The first-order chi connectivity index (χ1) is 13.4. The zero-order chi connectivity index (χ0) is 20.1. The van der Waals surface area contributed by atoms with Gasteiger partial charge in [-0.15, -0.1) is 0 Å². The average molecular weight is 534 g/mol. The first-order valence-electron chi connectivity index (χ1n) is 8.88. The Morgan fingerprint density at radius 2 is 1.68 bits per heavy atom. The fourth-order valence-corrected chi connectivity index (χ4v) is 5.30. The van der Waals surface area contributed by atoms with Crippen molar-refractivity contribution in [1.29, 1.82) is 0 Å². The van der Waals surface area contributed by atoms with Gasteiger partial charge in [0, 0.05) is 36.3 Å². The molecule has 1 saturated heterocycles. The standard InChI is InChI=1S/C19H21ClIN3O3S/c20-16-6-2-4-8-18(16)23-10-12-24(13-11-23)28(26,27)14-9-22-19(25)15-5-1-3-7-17(15)21/h1-8H,9-14H2,(H,22,25). The molecule has 0 radical (unpaired) electrons. The highest BCUT2D eigenvalue weighted by Crippen LogP contribution is 2.26. The van der Waals surface area contributed by atoms with Gasteiger partial charge < -0.3 is 10.2 Å². The van der Waals surface area contributed by atoms with Gasteiger partial charge in [0.15, 0.2) is 0 Å². The van der Waals surface area contributed by atoms with Crippen molar-refractivity contribution in [2.24, 2.45) is 0 Å². The van der Waals surface area contributed by atoms with Crippen LogP contribution in [-0.4, -0.2) is 57.1 Å². The molecule has 0 aromatic heterocycles. The molecule has 6 nitrogen and oxygen atoms in total. The number of sulfonamides is 1. The number of benzene rings is 2. The van der Waals surface area contributed by atoms with Crippen LogP contribution in [0.4, 0.5) is 5.69 Å². The summed E-state index contributed by atoms with van der Waals surface area (Å²) in [6, 6.07) is 14.8. The summed E-state index contributed by atoms with van der Waals surface area (Å²) in [6.45, 7) is 2.04. The first kappa shape index (κ1) is 21.4. The Hall–Kier alpha value is -1.36. The molecule has 0 saturated carbocycles. The number of anilines is 1. The van der Waals surface area contributed by atoms with E-state index in [-0.39, 0.29) is 18.2 Å². The highest BCUT2D eigenvalue weighted by atomic mass is 127. The molecule has 0 spiro atoms. The third-order valence-corrected chi connectivity index (χ3v) is 7.72. The van der Waals surface area contributed by atoms with Gasteiger partial charge in [0.2, 0.25) is 10.0 Å². The third-order valence-electron chi connectivity index (χ3n) is 4.59. The Kier molecular flexibility index (Phi) is 7.19. The van der Waals surface area contributed by atoms with Crippen molar-refractivity contribution in [2.75, 3.05) is 43.4 Å². The summed E-state index contributed by atoms with van der Waals surface area (Å²) in [5.41, 5.74) is 1.47. The molecule has 28 heavy (non-hydrogen) atoms. The molecular formula is C19H21ClIN3O3S. The van der Waals surface area contributed by atoms with Crippen LogP contribution in [0.5, 0.6) is 0 Å². The molecular weight excluding hydrogens is 513 g/mol. The third kappa shape index (κ3) is 5.16. The molecule has 0 atom stereocenters. The molecule has 1 amide bonds. The smallest absolute Gasteiger partial charge is 0.252 e. The minimum atomic E-state index is -3.43. The summed E-state index contributed by atoms with van der Waals surface area (Å²) in [7, 11) is -3.43. The number of hydrogen-bond donors (Lipinski definition) is 1. The molecule has 2 aromatic carbocycles. The highest BCUT2D eigenvalue weighted by Gasteiger charge is 2.27. The van der Waals surface area contributed by atoms with Gasteiger partial charge in [-0.25, -0.2) is 8.42 Å². The Morgan fingerprint density at radius 3 is 2.36 bits per heavy atom. The average Bonchev–Trinajstić information content (AvgIpc) is 2.68. The second kappa shape index (κ2) is 9.43. The summed E-state index contributed by atoms with van der Waals surface area (Å²) in [6.07, 6.45) is 0. The van der Waals surface area contributed by atoms with E-state index in [9.17, 15) is 13.2 Å². The van der Waals surface area contributed by atoms with Gasteiger partial charge in [0.25, 0.3) is 5.91 Å². The van der Waals surface area contributed by atoms with Crippen molar-refractivity contribution < 1.29 is 13.2 Å². The lowest BCUT2D eigenvalue weighted by Gasteiger charge is -2.35. The molecule has 1 heterocycles. The van der Waals surface area contributed by atoms with Gasteiger partial charge in [-0.05, 0) is 46.9 Å². The van der Waals surface area contributed by atoms with Crippen molar-refractivity contribution in [1.82, 2.24) is 9.62 Å². The molecule has 1 fully saturated rings. The summed E-state index contributed by atoms with van der Waals surface area (Å²) in [5, 5.41) is 3.36. The highest BCUT2D eigenvalue weighted by molar-refractivity contribution is 14.1. The number of rotatable bonds is 6. The van der Waals surface area contributed by atoms with Crippen LogP contribution in [0.1, 0.15) is 10.4 Å². The van der Waals surface area contributed by atoms with Crippen molar-refractivity contribution in [2.45, 2.75) is 0 Å². The molecule has 9 heteroatoms. The first-order valence-corrected chi connectivity index (χ1v) is 11.9. The summed E-state index contributed by atoms with van der Waals surface area (Å²) < 4.78 is 27.5. The number of halogens is 2. The topological polar surface area (TPSA) is 69.7 Å². The lowest BCUT2D eigenvalue weighted by molar-refractivity contribution is 0.0955. The van der Waals surface area contributed by atoms with Crippen LogP contribution in [0.25, 0.3) is 0 Å². The summed E-state index contributed by atoms with van der Waals surface area (Å²) in [4.78, 5) is 14.3. The number of carbonyl (C=O) groups is 1. The van der Waals surface area contributed by atoms with Crippen LogP contribution in [-0.2, 0) is 10.0 Å². The molecule has 3 rings (SSSR count). The number of nitrogens with zero attached hydrogens (tertiary/aromatic N) is 2. The maximum Gasteiger partial charge on any atom is 0.252 e. The number of nitrogens with one attached hydrogen (secondary N) is 1. The Bertz CT molecular complexity index is 947. The van der Waals surface area contributed by atoms with Crippen molar-refractivity contribution in [3.8, 4) is 0 Å². The Balaban J connectivity index is 1.51. The van der Waals surface area contributed by atoms with Crippen LogP contribution in [0, 0.1) is 3.57 Å². The second-order valence-corrected chi connectivity index (χ2v) is 10.0. The fourth-order valence-electron chi connectivity index (χ4n) is 3.08. The number of piperazine rings is 1. The lowest BCUT2D eigenvalue weighted by atomic mass is 10.2. The predicted octanol–water partition coefficient (Wildman–Crippen LogP) is 2.83. The van der Waals surface area contributed by atoms with Crippen LogP contribution in [0.2, 0.25) is 5.02 Å². The van der Waals surface area contributed by atoms with Gasteiger partial charge in [-0.1, -0.05) is 35.9 Å². The normalized spacial score (nSPS) is 15.4. The van der Waals surface area contributed by atoms with E-state index in [0.29, 0.717) is 36.8 Å². The van der Waals surface area contributed by atoms with E-state index in [0.717, 1.165) is 9.26 Å². The van der Waals surface area contributed by atoms with E-state index in [1.54, 1.807) is 12.1 Å². The molecule has 0 aliphatic carbocycles. The van der Waals surface area contributed by atoms with Crippen molar-refractivity contribution in [3.05, 3.63) is 62.7 Å². The predicted molar refractivity (Wildman–Crippen MR) is 121 cm³/mol. The van der Waals surface area contributed by atoms with Crippen molar-refractivity contribution in [3.63, 3.8) is 0 Å². The SMILES string of the molecule is O=C(NCCS(=O)(=O)N1CCN(c2ccccc2Cl)CC1)c1ccccc1I. The minimum absolute atomic E-state index is 0.0802. The molecule has 1 aliphatic heterocycles. The summed E-state index contributed by atoms with van der Waals surface area (Å²) >= 11 is 8.32. The second-order valence-electron chi connectivity index (χ2n) is 6.39. The number of para-hydroxylation sites is 1. The molecule has 1 N–H and O–H groups in total. The zero-order valence-corrected chi connectivity index (χ0v) is 18.9. The minimum Gasteiger partial charge on any atom is -0.368 e. The van der Waals surface area contributed by atoms with E-state index >= 15 is 0 Å². The Morgan fingerprint density at radius 1 is 1.04 bits per heavy atom. The van der Waals surface area contributed by atoms with E-state index < -0.39 is 10.0 Å². The molecule has 1 aliphatic rings. The number of hydrogen-bond acceptors (Lipinski definition) is 4. The van der Waals surface area contributed by atoms with E-state index in [2.05, 4.69) is 32.8 Å². The van der Waals surface area contributed by atoms with Crippen LogP contribution in [0.3, 0.4) is 0 Å². The quantitative estimate of drug-likeness (QED) is 0.580. The van der Waals surface area contributed by atoms with Crippen LogP contribution in [0.15, 0.2) is 48.5 Å². The van der Waals surface area contributed by atoms with E-state index in [4.69, 9.17) is 11.6 Å². The maximum atomic E-state index is 12.6. The zero-order valence-electron chi connectivity index (χ0n) is 15.1. The molecule has 150 valence electrons. The molecule has 0 unspecified atom stereocenters. The van der Waals surface area contributed by atoms with E-state index in [1.807, 2.05) is 36.4 Å². The molecule has 0 bridgehead atoms. The van der Waals surface area contributed by atoms with Crippen LogP contribution < -0.4 is 10.2 Å². The lowest BCUT2D eigenvalue weighted by Crippen LogP contribution is -2.50. The van der Waals surface area contributed by atoms with Gasteiger partial charge in [0.05, 0.1) is 22.0 Å². The van der Waals surface area contributed by atoms with Gasteiger partial charge >= 0.3 is 0 Å². The van der Waals surface area contributed by atoms with Crippen molar-refractivity contribution >= 4 is 55.8 Å². The largest absolute Gasteiger partial charge is 0.368 e. The number of carbonyl (C=O) groups excluding carboxylic acids is 1. The van der Waals surface area contributed by atoms with Gasteiger partial charge in [0.1, 0.15) is 0 Å². The molecule has 2 aromatic rings.